The van der Waals surface area contributed by atoms with Crippen LogP contribution in [0.15, 0.2) is 24.3 Å². The number of H-pyrrole nitrogens is 1. The van der Waals surface area contributed by atoms with Gasteiger partial charge in [-0.3, -0.25) is 9.59 Å². The maximum absolute atomic E-state index is 12.2. The van der Waals surface area contributed by atoms with Gasteiger partial charge in [0, 0.05) is 5.39 Å². The Morgan fingerprint density at radius 2 is 2.19 bits per heavy atom. The highest BCUT2D eigenvalue weighted by molar-refractivity contribution is 6.35. The number of primary amides is 1. The van der Waals surface area contributed by atoms with Gasteiger partial charge >= 0.3 is 0 Å². The molecule has 2 aromatic rings. The zero-order valence-electron chi connectivity index (χ0n) is 11.4. The van der Waals surface area contributed by atoms with E-state index < -0.39 is 11.9 Å². The highest BCUT2D eigenvalue weighted by Crippen LogP contribution is 2.33. The van der Waals surface area contributed by atoms with Crippen molar-refractivity contribution in [2.24, 2.45) is 11.7 Å². The number of para-hydroxylation sites is 1. The first-order valence-electron chi connectivity index (χ1n) is 6.92. The van der Waals surface area contributed by atoms with Gasteiger partial charge in [-0.1, -0.05) is 36.6 Å². The molecule has 2 amide bonds. The summed E-state index contributed by atoms with van der Waals surface area (Å²) < 4.78 is 0. The van der Waals surface area contributed by atoms with Crippen LogP contribution in [-0.2, 0) is 4.79 Å². The largest absolute Gasteiger partial charge is 0.368 e. The number of aromatic amines is 1. The first kappa shape index (κ1) is 13.9. The monoisotopic (exact) mass is 305 g/mol. The van der Waals surface area contributed by atoms with Crippen molar-refractivity contribution < 1.29 is 9.59 Å². The Bertz CT molecular complexity index is 706. The molecule has 1 aromatic carbocycles. The molecule has 1 atom stereocenters. The number of carbonyl (C=O) groups excluding carboxylic acids is 2. The molecule has 5 nitrogen and oxygen atoms in total. The van der Waals surface area contributed by atoms with Crippen LogP contribution in [0.4, 0.5) is 0 Å². The van der Waals surface area contributed by atoms with Crippen molar-refractivity contribution in [2.75, 3.05) is 0 Å². The van der Waals surface area contributed by atoms with Crippen molar-refractivity contribution in [3.05, 3.63) is 35.0 Å². The summed E-state index contributed by atoms with van der Waals surface area (Å²) in [7, 11) is 0. The van der Waals surface area contributed by atoms with E-state index in [1.165, 1.54) is 0 Å². The molecule has 0 radical (unpaired) electrons. The summed E-state index contributed by atoms with van der Waals surface area (Å²) in [4.78, 5) is 26.7. The lowest BCUT2D eigenvalue weighted by Crippen LogP contribution is -2.44. The maximum Gasteiger partial charge on any atom is 0.268 e. The second kappa shape index (κ2) is 5.41. The lowest BCUT2D eigenvalue weighted by molar-refractivity contribution is -0.120. The number of benzene rings is 1. The lowest BCUT2D eigenvalue weighted by Gasteiger charge is -2.14. The number of halogens is 1. The lowest BCUT2D eigenvalue weighted by atomic mass is 10.1. The minimum Gasteiger partial charge on any atom is -0.368 e. The average Bonchev–Trinajstić information content (AvgIpc) is 3.13. The molecular formula is C15H16ClN3O2. The van der Waals surface area contributed by atoms with Crippen molar-refractivity contribution in [1.82, 2.24) is 10.3 Å². The second-order valence-corrected chi connectivity index (χ2v) is 5.90. The summed E-state index contributed by atoms with van der Waals surface area (Å²) in [6.45, 7) is 0. The molecule has 0 aliphatic heterocycles. The van der Waals surface area contributed by atoms with Crippen LogP contribution in [0.5, 0.6) is 0 Å². The van der Waals surface area contributed by atoms with Crippen molar-refractivity contribution >= 4 is 34.3 Å². The molecule has 1 fully saturated rings. The van der Waals surface area contributed by atoms with Crippen molar-refractivity contribution in [1.29, 1.82) is 0 Å². The van der Waals surface area contributed by atoms with E-state index in [2.05, 4.69) is 10.3 Å². The summed E-state index contributed by atoms with van der Waals surface area (Å²) in [6.07, 6.45) is 2.81. The van der Waals surface area contributed by atoms with Gasteiger partial charge in [-0.2, -0.15) is 0 Å². The van der Waals surface area contributed by atoms with E-state index in [1.807, 2.05) is 12.1 Å². The smallest absolute Gasteiger partial charge is 0.268 e. The summed E-state index contributed by atoms with van der Waals surface area (Å²) in [5.74, 6) is -0.337. The number of aromatic nitrogens is 1. The highest BCUT2D eigenvalue weighted by atomic mass is 35.5. The fraction of sp³-hybridized carbons (Fsp3) is 0.333. The molecule has 1 saturated carbocycles. The first-order chi connectivity index (χ1) is 10.0. The fourth-order valence-corrected chi connectivity index (χ4v) is 2.64. The Hall–Kier alpha value is -2.01. The number of hydrogen-bond acceptors (Lipinski definition) is 2. The van der Waals surface area contributed by atoms with Crippen LogP contribution >= 0.6 is 11.6 Å². The van der Waals surface area contributed by atoms with Gasteiger partial charge in [-0.15, -0.1) is 0 Å². The third-order valence-electron chi connectivity index (χ3n) is 3.76. The van der Waals surface area contributed by atoms with Gasteiger partial charge in [-0.25, -0.2) is 0 Å². The topological polar surface area (TPSA) is 88.0 Å². The van der Waals surface area contributed by atoms with Crippen LogP contribution in [-0.4, -0.2) is 22.8 Å². The Kier molecular flexibility index (Phi) is 3.59. The van der Waals surface area contributed by atoms with Crippen molar-refractivity contribution in [2.45, 2.75) is 25.3 Å². The van der Waals surface area contributed by atoms with Crippen molar-refractivity contribution in [3.63, 3.8) is 0 Å². The standard InChI is InChI=1S/C15H16ClN3O2/c16-10-3-1-2-9-7-12(18-13(9)10)15(21)19-11(14(17)20)6-8-4-5-8/h1-3,7-8,11,18H,4-6H2,(H2,17,20)(H,19,21)/t11-/m0/s1. The van der Waals surface area contributed by atoms with E-state index in [0.717, 1.165) is 18.2 Å². The number of carbonyl (C=O) groups is 2. The molecular weight excluding hydrogens is 290 g/mol. The summed E-state index contributed by atoms with van der Waals surface area (Å²) in [6, 6.07) is 6.53. The van der Waals surface area contributed by atoms with E-state index in [-0.39, 0.29) is 5.91 Å². The quantitative estimate of drug-likeness (QED) is 0.790. The minimum absolute atomic E-state index is 0.341. The van der Waals surface area contributed by atoms with Gasteiger partial charge in [0.15, 0.2) is 0 Å². The highest BCUT2D eigenvalue weighted by Gasteiger charge is 2.29. The zero-order chi connectivity index (χ0) is 15.0. The Morgan fingerprint density at radius 1 is 1.43 bits per heavy atom. The molecule has 0 spiro atoms. The molecule has 3 rings (SSSR count). The van der Waals surface area contributed by atoms with Gasteiger partial charge < -0.3 is 16.0 Å². The van der Waals surface area contributed by atoms with Gasteiger partial charge in [0.2, 0.25) is 5.91 Å². The molecule has 110 valence electrons. The van der Waals surface area contributed by atoms with Crippen LogP contribution in [0.2, 0.25) is 5.02 Å². The van der Waals surface area contributed by atoms with Crippen molar-refractivity contribution in [3.8, 4) is 0 Å². The van der Waals surface area contributed by atoms with E-state index in [0.29, 0.717) is 28.6 Å². The number of fused-ring (bicyclic) bond motifs is 1. The Balaban J connectivity index is 1.79. The van der Waals surface area contributed by atoms with Gasteiger partial charge in [0.25, 0.3) is 5.91 Å². The number of nitrogens with two attached hydrogens (primary N) is 1. The molecule has 0 bridgehead atoms. The predicted molar refractivity (Wildman–Crippen MR) is 81.1 cm³/mol. The summed E-state index contributed by atoms with van der Waals surface area (Å²) in [5.41, 5.74) is 6.44. The van der Waals surface area contributed by atoms with E-state index in [1.54, 1.807) is 12.1 Å². The third-order valence-corrected chi connectivity index (χ3v) is 4.08. The number of hydrogen-bond donors (Lipinski definition) is 3. The minimum atomic E-state index is -0.619. The van der Waals surface area contributed by atoms with E-state index >= 15 is 0 Å². The fourth-order valence-electron chi connectivity index (χ4n) is 2.41. The third kappa shape index (κ3) is 3.03. The molecule has 1 aliphatic carbocycles. The SMILES string of the molecule is NC(=O)[C@H](CC1CC1)NC(=O)c1cc2cccc(Cl)c2[nH]1. The average molecular weight is 306 g/mol. The van der Waals surface area contributed by atoms with Gasteiger partial charge in [0.1, 0.15) is 11.7 Å². The van der Waals surface area contributed by atoms with Crippen LogP contribution < -0.4 is 11.1 Å². The van der Waals surface area contributed by atoms with Crippen LogP contribution in [0.1, 0.15) is 29.8 Å². The van der Waals surface area contributed by atoms with Gasteiger partial charge in [0.05, 0.1) is 10.5 Å². The first-order valence-corrected chi connectivity index (χ1v) is 7.30. The molecule has 4 N–H and O–H groups in total. The zero-order valence-corrected chi connectivity index (χ0v) is 12.1. The number of rotatable bonds is 5. The maximum atomic E-state index is 12.2. The van der Waals surface area contributed by atoms with E-state index in [9.17, 15) is 9.59 Å². The van der Waals surface area contributed by atoms with E-state index in [4.69, 9.17) is 17.3 Å². The Labute approximate surface area is 126 Å². The molecule has 21 heavy (non-hydrogen) atoms. The van der Waals surface area contributed by atoms with Crippen LogP contribution in [0, 0.1) is 5.92 Å². The number of nitrogens with one attached hydrogen (secondary N) is 2. The molecule has 1 aliphatic rings. The van der Waals surface area contributed by atoms with Crippen LogP contribution in [0.25, 0.3) is 10.9 Å². The normalized spacial score (nSPS) is 15.9. The molecule has 0 saturated heterocycles. The summed E-state index contributed by atoms with van der Waals surface area (Å²) >= 11 is 6.07. The van der Waals surface area contributed by atoms with Gasteiger partial charge in [-0.05, 0) is 24.5 Å². The predicted octanol–water partition coefficient (Wildman–Crippen LogP) is 2.21. The Morgan fingerprint density at radius 3 is 2.81 bits per heavy atom. The summed E-state index contributed by atoms with van der Waals surface area (Å²) in [5, 5.41) is 4.10. The number of amides is 2. The molecule has 1 aromatic heterocycles. The van der Waals surface area contributed by atoms with Crippen LogP contribution in [0.3, 0.4) is 0 Å². The molecule has 0 unspecified atom stereocenters. The molecule has 1 heterocycles. The molecule has 6 heteroatoms. The second-order valence-electron chi connectivity index (χ2n) is 5.49.